The topological polar surface area (TPSA) is 66.8 Å². The predicted molar refractivity (Wildman–Crippen MR) is 123 cm³/mol. The molecule has 0 aliphatic carbocycles. The second-order valence-corrected chi connectivity index (χ2v) is 7.93. The Morgan fingerprint density at radius 1 is 1.00 bits per heavy atom. The highest BCUT2D eigenvalue weighted by Gasteiger charge is 2.47. The summed E-state index contributed by atoms with van der Waals surface area (Å²) in [7, 11) is 0. The van der Waals surface area contributed by atoms with Crippen molar-refractivity contribution in [3.05, 3.63) is 100 Å². The van der Waals surface area contributed by atoms with Crippen LogP contribution in [0.2, 0.25) is 0 Å². The molecule has 0 spiro atoms. The molecule has 1 atom stereocenters. The molecule has 1 unspecified atom stereocenters. The zero-order valence-corrected chi connectivity index (χ0v) is 18.4. The minimum Gasteiger partial charge on any atom is -0.507 e. The van der Waals surface area contributed by atoms with Crippen LogP contribution in [-0.2, 0) is 9.59 Å². The average Bonchev–Trinajstić information content (AvgIpc) is 3.05. The molecule has 1 aliphatic rings. The maximum Gasteiger partial charge on any atom is 0.300 e. The molecular formula is C25H20BrNO4. The number of benzene rings is 3. The molecule has 0 aromatic heterocycles. The molecule has 6 heteroatoms. The van der Waals surface area contributed by atoms with Crippen molar-refractivity contribution < 1.29 is 19.4 Å². The largest absolute Gasteiger partial charge is 0.507 e. The van der Waals surface area contributed by atoms with Gasteiger partial charge in [0.25, 0.3) is 11.7 Å². The van der Waals surface area contributed by atoms with Gasteiger partial charge in [0.05, 0.1) is 18.2 Å². The zero-order chi connectivity index (χ0) is 22.0. The SMILES string of the molecule is CCOc1cccc(C2/C(=C(/O)c3ccc(Br)cc3)C(=O)C(=O)N2c2ccccc2)c1. The van der Waals surface area contributed by atoms with E-state index in [1.807, 2.05) is 31.2 Å². The summed E-state index contributed by atoms with van der Waals surface area (Å²) < 4.78 is 6.46. The first kappa shape index (κ1) is 20.9. The van der Waals surface area contributed by atoms with Gasteiger partial charge in [0.2, 0.25) is 0 Å². The molecule has 5 nitrogen and oxygen atoms in total. The van der Waals surface area contributed by atoms with Gasteiger partial charge in [-0.3, -0.25) is 14.5 Å². The standard InChI is InChI=1S/C25H20BrNO4/c1-2-31-20-10-6-7-17(15-20)22-21(23(28)16-11-13-18(26)14-12-16)24(29)25(30)27(22)19-8-4-3-5-9-19/h3-15,22,28H,2H2,1H3/b23-21-. The lowest BCUT2D eigenvalue weighted by Crippen LogP contribution is -2.29. The van der Waals surface area contributed by atoms with E-state index in [9.17, 15) is 14.7 Å². The van der Waals surface area contributed by atoms with Crippen LogP contribution in [0.4, 0.5) is 5.69 Å². The van der Waals surface area contributed by atoms with Gasteiger partial charge in [-0.05, 0) is 48.9 Å². The molecule has 156 valence electrons. The summed E-state index contributed by atoms with van der Waals surface area (Å²) in [5.41, 5.74) is 1.75. The van der Waals surface area contributed by atoms with Crippen molar-refractivity contribution in [2.75, 3.05) is 11.5 Å². The Bertz CT molecular complexity index is 1160. The number of anilines is 1. The van der Waals surface area contributed by atoms with Crippen molar-refractivity contribution in [3.8, 4) is 5.75 Å². The summed E-state index contributed by atoms with van der Waals surface area (Å²) in [6, 6.07) is 22.4. The third kappa shape index (κ3) is 3.99. The van der Waals surface area contributed by atoms with E-state index in [1.54, 1.807) is 54.6 Å². The third-order valence-electron chi connectivity index (χ3n) is 5.08. The summed E-state index contributed by atoms with van der Waals surface area (Å²) in [5, 5.41) is 11.1. The number of aliphatic hydroxyl groups is 1. The summed E-state index contributed by atoms with van der Waals surface area (Å²) >= 11 is 3.37. The lowest BCUT2D eigenvalue weighted by molar-refractivity contribution is -0.132. The van der Waals surface area contributed by atoms with Crippen molar-refractivity contribution in [1.82, 2.24) is 0 Å². The smallest absolute Gasteiger partial charge is 0.300 e. The summed E-state index contributed by atoms with van der Waals surface area (Å²) in [4.78, 5) is 27.6. The van der Waals surface area contributed by atoms with E-state index in [1.165, 1.54) is 4.90 Å². The molecule has 1 aliphatic heterocycles. The van der Waals surface area contributed by atoms with E-state index < -0.39 is 17.7 Å². The minimum absolute atomic E-state index is 0.0461. The number of hydrogen-bond donors (Lipinski definition) is 1. The van der Waals surface area contributed by atoms with E-state index in [4.69, 9.17) is 4.74 Å². The Labute approximate surface area is 188 Å². The number of hydrogen-bond acceptors (Lipinski definition) is 4. The molecular weight excluding hydrogens is 458 g/mol. The summed E-state index contributed by atoms with van der Waals surface area (Å²) in [6.07, 6.45) is 0. The lowest BCUT2D eigenvalue weighted by atomic mass is 9.95. The minimum atomic E-state index is -0.786. The molecule has 3 aromatic rings. The highest BCUT2D eigenvalue weighted by atomic mass is 79.9. The molecule has 0 bridgehead atoms. The van der Waals surface area contributed by atoms with Crippen molar-refractivity contribution in [2.45, 2.75) is 13.0 Å². The number of carbonyl (C=O) groups excluding carboxylic acids is 2. The van der Waals surface area contributed by atoms with Crippen molar-refractivity contribution in [2.24, 2.45) is 0 Å². The van der Waals surface area contributed by atoms with Crippen molar-refractivity contribution in [3.63, 3.8) is 0 Å². The van der Waals surface area contributed by atoms with Gasteiger partial charge in [0, 0.05) is 15.7 Å². The highest BCUT2D eigenvalue weighted by Crippen LogP contribution is 2.42. The number of amides is 1. The number of aliphatic hydroxyl groups excluding tert-OH is 1. The third-order valence-corrected chi connectivity index (χ3v) is 5.61. The number of ketones is 1. The van der Waals surface area contributed by atoms with Gasteiger partial charge in [0.15, 0.2) is 0 Å². The molecule has 1 N–H and O–H groups in total. The van der Waals surface area contributed by atoms with Crippen LogP contribution in [0.25, 0.3) is 5.76 Å². The van der Waals surface area contributed by atoms with Gasteiger partial charge in [-0.15, -0.1) is 0 Å². The van der Waals surface area contributed by atoms with Crippen LogP contribution in [-0.4, -0.2) is 23.4 Å². The predicted octanol–water partition coefficient (Wildman–Crippen LogP) is 5.47. The number of carbonyl (C=O) groups is 2. The van der Waals surface area contributed by atoms with E-state index in [0.717, 1.165) is 4.47 Å². The van der Waals surface area contributed by atoms with E-state index in [-0.39, 0.29) is 11.3 Å². The van der Waals surface area contributed by atoms with Gasteiger partial charge in [-0.2, -0.15) is 0 Å². The van der Waals surface area contributed by atoms with Crippen molar-refractivity contribution in [1.29, 1.82) is 0 Å². The van der Waals surface area contributed by atoms with E-state index in [0.29, 0.717) is 29.2 Å². The molecule has 1 heterocycles. The van der Waals surface area contributed by atoms with Crippen LogP contribution >= 0.6 is 15.9 Å². The van der Waals surface area contributed by atoms with Crippen molar-refractivity contribution >= 4 is 39.1 Å². The van der Waals surface area contributed by atoms with Gasteiger partial charge >= 0.3 is 0 Å². The fourth-order valence-electron chi connectivity index (χ4n) is 3.71. The van der Waals surface area contributed by atoms with Crippen LogP contribution in [0, 0.1) is 0 Å². The lowest BCUT2D eigenvalue weighted by Gasteiger charge is -2.25. The molecule has 1 amide bonds. The first-order chi connectivity index (χ1) is 15.0. The monoisotopic (exact) mass is 477 g/mol. The van der Waals surface area contributed by atoms with Crippen LogP contribution in [0.3, 0.4) is 0 Å². The number of Topliss-reactive ketones (excluding diaryl/α,β-unsaturated/α-hetero) is 1. The Balaban J connectivity index is 1.93. The fourth-order valence-corrected chi connectivity index (χ4v) is 3.97. The van der Waals surface area contributed by atoms with Gasteiger partial charge in [-0.25, -0.2) is 0 Å². The molecule has 0 saturated carbocycles. The second-order valence-electron chi connectivity index (χ2n) is 7.02. The number of ether oxygens (including phenoxy) is 1. The Hall–Kier alpha value is -3.38. The quantitative estimate of drug-likeness (QED) is 0.300. The molecule has 3 aromatic carbocycles. The summed E-state index contributed by atoms with van der Waals surface area (Å²) in [5.74, 6) is -0.994. The van der Waals surface area contributed by atoms with Crippen LogP contribution < -0.4 is 9.64 Å². The number of para-hydroxylation sites is 1. The maximum absolute atomic E-state index is 13.1. The highest BCUT2D eigenvalue weighted by molar-refractivity contribution is 9.10. The number of halogens is 1. The first-order valence-corrected chi connectivity index (χ1v) is 10.6. The van der Waals surface area contributed by atoms with Gasteiger partial charge < -0.3 is 9.84 Å². The molecule has 0 radical (unpaired) electrons. The Morgan fingerprint density at radius 2 is 1.71 bits per heavy atom. The normalized spacial score (nSPS) is 17.7. The van der Waals surface area contributed by atoms with Crippen LogP contribution in [0.15, 0.2) is 88.9 Å². The number of rotatable bonds is 5. The average molecular weight is 478 g/mol. The zero-order valence-electron chi connectivity index (χ0n) is 16.8. The molecule has 1 saturated heterocycles. The Morgan fingerprint density at radius 3 is 2.39 bits per heavy atom. The van der Waals surface area contributed by atoms with Gasteiger partial charge in [-0.1, -0.05) is 58.4 Å². The van der Waals surface area contributed by atoms with Crippen LogP contribution in [0.5, 0.6) is 5.75 Å². The fraction of sp³-hybridized carbons (Fsp3) is 0.120. The van der Waals surface area contributed by atoms with E-state index >= 15 is 0 Å². The maximum atomic E-state index is 13.1. The van der Waals surface area contributed by atoms with E-state index in [2.05, 4.69) is 15.9 Å². The Kier molecular flexibility index (Phi) is 5.91. The second kappa shape index (κ2) is 8.78. The molecule has 31 heavy (non-hydrogen) atoms. The van der Waals surface area contributed by atoms with Crippen LogP contribution in [0.1, 0.15) is 24.1 Å². The molecule has 4 rings (SSSR count). The number of nitrogens with zero attached hydrogens (tertiary/aromatic N) is 1. The summed E-state index contributed by atoms with van der Waals surface area (Å²) in [6.45, 7) is 2.37. The van der Waals surface area contributed by atoms with Gasteiger partial charge in [0.1, 0.15) is 11.5 Å². The molecule has 1 fully saturated rings. The first-order valence-electron chi connectivity index (χ1n) is 9.86.